The fourth-order valence-corrected chi connectivity index (χ4v) is 1.91. The normalized spacial score (nSPS) is 14.8. The number of nitrogens with two attached hydrogens (primary N) is 1. The quantitative estimate of drug-likeness (QED) is 0.748. The minimum absolute atomic E-state index is 0.526. The molecule has 1 aliphatic rings. The van der Waals surface area contributed by atoms with Gasteiger partial charge < -0.3 is 15.4 Å². The van der Waals surface area contributed by atoms with Crippen molar-refractivity contribution in [2.24, 2.45) is 0 Å². The fraction of sp³-hybridized carbons (Fsp3) is 0.692. The summed E-state index contributed by atoms with van der Waals surface area (Å²) in [6, 6.07) is 1.85. The Hall–Kier alpha value is -1.36. The first-order chi connectivity index (χ1) is 8.74. The minimum Gasteiger partial charge on any atom is -0.384 e. The summed E-state index contributed by atoms with van der Waals surface area (Å²) in [4.78, 5) is 11.1. The Bertz CT molecular complexity index is 393. The number of nitrogens with zero attached hydrogens (tertiary/aromatic N) is 3. The first-order valence-electron chi connectivity index (χ1n) is 6.71. The van der Waals surface area contributed by atoms with Crippen molar-refractivity contribution in [3.63, 3.8) is 0 Å². The summed E-state index contributed by atoms with van der Waals surface area (Å²) in [6.07, 6.45) is 2.38. The number of rotatable bonds is 7. The lowest BCUT2D eigenvalue weighted by Gasteiger charge is -2.22. The van der Waals surface area contributed by atoms with Crippen molar-refractivity contribution in [3.05, 3.63) is 11.9 Å². The molecule has 1 saturated carbocycles. The van der Waals surface area contributed by atoms with Gasteiger partial charge in [-0.25, -0.2) is 9.97 Å². The number of hydrogen-bond acceptors (Lipinski definition) is 5. The summed E-state index contributed by atoms with van der Waals surface area (Å²) >= 11 is 0. The molecule has 2 N–H and O–H groups in total. The Kier molecular flexibility index (Phi) is 4.36. The molecular weight excluding hydrogens is 228 g/mol. The van der Waals surface area contributed by atoms with Gasteiger partial charge in [-0.2, -0.15) is 0 Å². The van der Waals surface area contributed by atoms with Gasteiger partial charge in [-0.3, -0.25) is 0 Å². The van der Waals surface area contributed by atoms with Crippen LogP contribution in [0.5, 0.6) is 0 Å². The van der Waals surface area contributed by atoms with Crippen molar-refractivity contribution in [2.45, 2.75) is 32.6 Å². The van der Waals surface area contributed by atoms with Crippen molar-refractivity contribution < 1.29 is 4.74 Å². The zero-order valence-corrected chi connectivity index (χ0v) is 11.2. The van der Waals surface area contributed by atoms with Gasteiger partial charge in [-0.1, -0.05) is 0 Å². The van der Waals surface area contributed by atoms with Crippen LogP contribution in [0.1, 0.15) is 38.4 Å². The second-order valence-electron chi connectivity index (χ2n) is 4.56. The van der Waals surface area contributed by atoms with Gasteiger partial charge in [-0.05, 0) is 26.7 Å². The van der Waals surface area contributed by atoms with Gasteiger partial charge >= 0.3 is 0 Å². The van der Waals surface area contributed by atoms with Gasteiger partial charge in [0.1, 0.15) is 17.5 Å². The van der Waals surface area contributed by atoms with Crippen molar-refractivity contribution >= 4 is 11.6 Å². The Labute approximate surface area is 108 Å². The Morgan fingerprint density at radius 2 is 2.17 bits per heavy atom. The van der Waals surface area contributed by atoms with Crippen molar-refractivity contribution in [2.75, 3.05) is 36.9 Å². The third-order valence-electron chi connectivity index (χ3n) is 3.11. The predicted molar refractivity (Wildman–Crippen MR) is 72.8 cm³/mol. The topological polar surface area (TPSA) is 64.3 Å². The van der Waals surface area contributed by atoms with Gasteiger partial charge in [0.25, 0.3) is 0 Å². The van der Waals surface area contributed by atoms with E-state index in [0.717, 1.165) is 31.3 Å². The van der Waals surface area contributed by atoms with Crippen LogP contribution >= 0.6 is 0 Å². The van der Waals surface area contributed by atoms with E-state index in [1.165, 1.54) is 12.8 Å². The summed E-state index contributed by atoms with van der Waals surface area (Å²) < 4.78 is 5.39. The average Bonchev–Trinajstić information content (AvgIpc) is 3.18. The van der Waals surface area contributed by atoms with E-state index in [1.54, 1.807) is 0 Å². The molecule has 0 bridgehead atoms. The monoisotopic (exact) mass is 250 g/mol. The van der Waals surface area contributed by atoms with Crippen LogP contribution in [0, 0.1) is 0 Å². The molecule has 0 unspecified atom stereocenters. The second kappa shape index (κ2) is 6.00. The van der Waals surface area contributed by atoms with Crippen LogP contribution in [-0.2, 0) is 4.74 Å². The molecule has 0 spiro atoms. The highest BCUT2D eigenvalue weighted by atomic mass is 16.5. The molecule has 0 amide bonds. The second-order valence-corrected chi connectivity index (χ2v) is 4.56. The lowest BCUT2D eigenvalue weighted by Crippen LogP contribution is -2.28. The van der Waals surface area contributed by atoms with Crippen molar-refractivity contribution in [1.82, 2.24) is 9.97 Å². The van der Waals surface area contributed by atoms with Gasteiger partial charge in [0, 0.05) is 31.7 Å². The predicted octanol–water partition coefficient (Wildman–Crippen LogP) is 1.80. The molecule has 0 aliphatic heterocycles. The molecule has 1 aromatic heterocycles. The van der Waals surface area contributed by atoms with Crippen LogP contribution in [-0.4, -0.2) is 36.3 Å². The van der Waals surface area contributed by atoms with Gasteiger partial charge in [0.05, 0.1) is 6.61 Å². The maximum atomic E-state index is 5.86. The van der Waals surface area contributed by atoms with Crippen LogP contribution in [0.15, 0.2) is 6.07 Å². The molecular formula is C13H22N4O. The highest BCUT2D eigenvalue weighted by molar-refractivity contribution is 5.47. The molecule has 0 saturated heterocycles. The van der Waals surface area contributed by atoms with Crippen LogP contribution in [0.3, 0.4) is 0 Å². The van der Waals surface area contributed by atoms with E-state index in [0.29, 0.717) is 18.3 Å². The summed E-state index contributed by atoms with van der Waals surface area (Å²) in [5, 5.41) is 0. The summed E-state index contributed by atoms with van der Waals surface area (Å²) in [5.41, 5.74) is 5.86. The standard InChI is InChI=1S/C13H22N4O/c1-3-17(7-8-18-4-2)12-9-11(14)15-13(16-12)10-5-6-10/h9-10H,3-8H2,1-2H3,(H2,14,15,16). The Morgan fingerprint density at radius 3 is 2.78 bits per heavy atom. The van der Waals surface area contributed by atoms with Gasteiger partial charge in [0.15, 0.2) is 0 Å². The lowest BCUT2D eigenvalue weighted by atomic mass is 10.3. The highest BCUT2D eigenvalue weighted by Crippen LogP contribution is 2.38. The Balaban J connectivity index is 2.08. The average molecular weight is 250 g/mol. The van der Waals surface area contributed by atoms with E-state index in [2.05, 4.69) is 21.8 Å². The molecule has 5 heteroatoms. The molecule has 5 nitrogen and oxygen atoms in total. The molecule has 0 atom stereocenters. The lowest BCUT2D eigenvalue weighted by molar-refractivity contribution is 0.154. The highest BCUT2D eigenvalue weighted by Gasteiger charge is 2.27. The van der Waals surface area contributed by atoms with Crippen LogP contribution < -0.4 is 10.6 Å². The number of hydrogen-bond donors (Lipinski definition) is 1. The molecule has 1 aliphatic carbocycles. The number of aromatic nitrogens is 2. The molecule has 2 rings (SSSR count). The number of ether oxygens (including phenoxy) is 1. The van der Waals surface area contributed by atoms with E-state index >= 15 is 0 Å². The van der Waals surface area contributed by atoms with Crippen LogP contribution in [0.4, 0.5) is 11.6 Å². The smallest absolute Gasteiger partial charge is 0.136 e. The number of likely N-dealkylation sites (N-methyl/N-ethyl adjacent to an activating group) is 1. The first kappa shape index (κ1) is 13.1. The Morgan fingerprint density at radius 1 is 1.39 bits per heavy atom. The molecule has 0 aromatic carbocycles. The number of anilines is 2. The van der Waals surface area contributed by atoms with Gasteiger partial charge in [0.2, 0.25) is 0 Å². The largest absolute Gasteiger partial charge is 0.384 e. The van der Waals surface area contributed by atoms with E-state index < -0.39 is 0 Å². The zero-order chi connectivity index (χ0) is 13.0. The molecule has 0 radical (unpaired) electrons. The first-order valence-corrected chi connectivity index (χ1v) is 6.71. The minimum atomic E-state index is 0.526. The van der Waals surface area contributed by atoms with Crippen molar-refractivity contribution in [1.29, 1.82) is 0 Å². The third-order valence-corrected chi connectivity index (χ3v) is 3.11. The third kappa shape index (κ3) is 3.32. The molecule has 1 fully saturated rings. The van der Waals surface area contributed by atoms with Crippen molar-refractivity contribution in [3.8, 4) is 0 Å². The zero-order valence-electron chi connectivity index (χ0n) is 11.2. The van der Waals surface area contributed by atoms with Gasteiger partial charge in [-0.15, -0.1) is 0 Å². The molecule has 1 aromatic rings. The molecule has 1 heterocycles. The van der Waals surface area contributed by atoms with Crippen LogP contribution in [0.2, 0.25) is 0 Å². The van der Waals surface area contributed by atoms with E-state index in [9.17, 15) is 0 Å². The van der Waals surface area contributed by atoms with Crippen LogP contribution in [0.25, 0.3) is 0 Å². The maximum Gasteiger partial charge on any atom is 0.136 e. The maximum absolute atomic E-state index is 5.86. The fourth-order valence-electron chi connectivity index (χ4n) is 1.91. The number of nitrogen functional groups attached to an aromatic ring is 1. The summed E-state index contributed by atoms with van der Waals surface area (Å²) in [6.45, 7) is 7.31. The van der Waals surface area contributed by atoms with E-state index in [4.69, 9.17) is 10.5 Å². The molecule has 18 heavy (non-hydrogen) atoms. The summed E-state index contributed by atoms with van der Waals surface area (Å²) in [7, 11) is 0. The summed E-state index contributed by atoms with van der Waals surface area (Å²) in [5.74, 6) is 2.92. The SMILES string of the molecule is CCOCCN(CC)c1cc(N)nc(C2CC2)n1. The van der Waals surface area contributed by atoms with E-state index in [1.807, 2.05) is 13.0 Å². The molecule has 100 valence electrons. The van der Waals surface area contributed by atoms with E-state index in [-0.39, 0.29) is 0 Å².